The minimum Gasteiger partial charge on any atom is -0.373 e. The van der Waals surface area contributed by atoms with Gasteiger partial charge in [0.25, 0.3) is 5.91 Å². The summed E-state index contributed by atoms with van der Waals surface area (Å²) in [5, 5.41) is 9.30. The molecule has 0 N–H and O–H groups in total. The number of pyridine rings is 1. The predicted octanol–water partition coefficient (Wildman–Crippen LogP) is 2.52. The van der Waals surface area contributed by atoms with Crippen molar-refractivity contribution in [1.82, 2.24) is 14.8 Å². The minimum absolute atomic E-state index is 0.0568. The molecule has 1 aromatic carbocycles. The number of anilines is 1. The van der Waals surface area contributed by atoms with Gasteiger partial charge in [0.2, 0.25) is 0 Å². The fourth-order valence-corrected chi connectivity index (χ4v) is 4.46. The Bertz CT molecular complexity index is 937. The predicted molar refractivity (Wildman–Crippen MR) is 119 cm³/mol. The van der Waals surface area contributed by atoms with Crippen LogP contribution in [0.25, 0.3) is 0 Å². The zero-order valence-corrected chi connectivity index (χ0v) is 18.2. The standard InChI is InChI=1S/C24H29N5O2/c1-18-15-27(16-19(2)31-18)17-20-5-7-21(8-6-20)24(30)29-12-10-28(11-13-29)23-22(14-25)4-3-9-26-23/h3-9,18-19H,10-13,15-17H2,1-2H3. The molecule has 162 valence electrons. The molecule has 2 atom stereocenters. The van der Waals surface area contributed by atoms with Gasteiger partial charge in [-0.1, -0.05) is 12.1 Å². The van der Waals surface area contributed by atoms with Gasteiger partial charge in [-0.05, 0) is 43.7 Å². The Morgan fingerprint density at radius 2 is 1.77 bits per heavy atom. The molecule has 0 bridgehead atoms. The van der Waals surface area contributed by atoms with E-state index in [-0.39, 0.29) is 18.1 Å². The van der Waals surface area contributed by atoms with Crippen LogP contribution in [0.3, 0.4) is 0 Å². The molecule has 0 saturated carbocycles. The number of benzene rings is 1. The van der Waals surface area contributed by atoms with E-state index in [2.05, 4.69) is 46.8 Å². The first-order chi connectivity index (χ1) is 15.0. The number of piperazine rings is 1. The summed E-state index contributed by atoms with van der Waals surface area (Å²) in [7, 11) is 0. The molecule has 1 amide bonds. The van der Waals surface area contributed by atoms with Crippen LogP contribution >= 0.6 is 0 Å². The van der Waals surface area contributed by atoms with Crippen molar-refractivity contribution in [3.63, 3.8) is 0 Å². The second kappa shape index (κ2) is 9.46. The number of nitriles is 1. The summed E-state index contributed by atoms with van der Waals surface area (Å²) in [5.41, 5.74) is 2.50. The first-order valence-corrected chi connectivity index (χ1v) is 10.9. The smallest absolute Gasteiger partial charge is 0.253 e. The third kappa shape index (κ3) is 5.04. The topological polar surface area (TPSA) is 72.7 Å². The van der Waals surface area contributed by atoms with Gasteiger partial charge in [0, 0.05) is 57.6 Å². The van der Waals surface area contributed by atoms with E-state index in [1.54, 1.807) is 18.3 Å². The second-order valence-corrected chi connectivity index (χ2v) is 8.41. The molecule has 2 aromatic rings. The van der Waals surface area contributed by atoms with E-state index >= 15 is 0 Å². The molecule has 2 unspecified atom stereocenters. The summed E-state index contributed by atoms with van der Waals surface area (Å²) >= 11 is 0. The molecule has 7 nitrogen and oxygen atoms in total. The van der Waals surface area contributed by atoms with Gasteiger partial charge in [-0.2, -0.15) is 5.26 Å². The molecule has 7 heteroatoms. The lowest BCUT2D eigenvalue weighted by Crippen LogP contribution is -2.49. The average molecular weight is 420 g/mol. The van der Waals surface area contributed by atoms with Crippen molar-refractivity contribution in [1.29, 1.82) is 5.26 Å². The first-order valence-electron chi connectivity index (χ1n) is 10.9. The molecule has 2 aliphatic rings. The van der Waals surface area contributed by atoms with Gasteiger partial charge in [-0.25, -0.2) is 4.98 Å². The molecule has 3 heterocycles. The molecular weight excluding hydrogens is 390 g/mol. The highest BCUT2D eigenvalue weighted by atomic mass is 16.5. The Balaban J connectivity index is 1.33. The fourth-order valence-electron chi connectivity index (χ4n) is 4.46. The molecule has 0 spiro atoms. The number of morpholine rings is 1. The van der Waals surface area contributed by atoms with Gasteiger partial charge in [0.1, 0.15) is 11.9 Å². The number of aromatic nitrogens is 1. The number of amides is 1. The van der Waals surface area contributed by atoms with E-state index in [0.717, 1.165) is 25.2 Å². The van der Waals surface area contributed by atoms with Gasteiger partial charge in [0.15, 0.2) is 0 Å². The Hall–Kier alpha value is -2.95. The number of ether oxygens (including phenoxy) is 1. The van der Waals surface area contributed by atoms with Crippen molar-refractivity contribution in [2.75, 3.05) is 44.2 Å². The number of carbonyl (C=O) groups excluding carboxylic acids is 1. The summed E-state index contributed by atoms with van der Waals surface area (Å²) in [5.74, 6) is 0.759. The normalized spacial score (nSPS) is 22.2. The van der Waals surface area contributed by atoms with E-state index in [9.17, 15) is 10.1 Å². The van der Waals surface area contributed by atoms with Crippen LogP contribution in [-0.4, -0.2) is 72.2 Å². The SMILES string of the molecule is CC1CN(Cc2ccc(C(=O)N3CCN(c4ncccc4C#N)CC3)cc2)CC(C)O1. The van der Waals surface area contributed by atoms with E-state index in [4.69, 9.17) is 4.74 Å². The van der Waals surface area contributed by atoms with E-state index in [1.165, 1.54) is 5.56 Å². The van der Waals surface area contributed by atoms with Gasteiger partial charge < -0.3 is 14.5 Å². The number of rotatable bonds is 4. The molecule has 4 rings (SSSR count). The third-order valence-electron chi connectivity index (χ3n) is 5.88. The van der Waals surface area contributed by atoms with E-state index in [0.29, 0.717) is 37.6 Å². The Kier molecular flexibility index (Phi) is 6.50. The number of nitrogens with zero attached hydrogens (tertiary/aromatic N) is 5. The van der Waals surface area contributed by atoms with Crippen molar-refractivity contribution < 1.29 is 9.53 Å². The van der Waals surface area contributed by atoms with Crippen molar-refractivity contribution in [2.45, 2.75) is 32.6 Å². The second-order valence-electron chi connectivity index (χ2n) is 8.41. The van der Waals surface area contributed by atoms with Crippen LogP contribution in [0.1, 0.15) is 35.3 Å². The summed E-state index contributed by atoms with van der Waals surface area (Å²) in [6.07, 6.45) is 2.20. The third-order valence-corrected chi connectivity index (χ3v) is 5.88. The summed E-state index contributed by atoms with van der Waals surface area (Å²) in [6.45, 7) is 9.52. The van der Waals surface area contributed by atoms with Gasteiger partial charge in [-0.3, -0.25) is 9.69 Å². The van der Waals surface area contributed by atoms with E-state index < -0.39 is 0 Å². The lowest BCUT2D eigenvalue weighted by atomic mass is 10.1. The summed E-state index contributed by atoms with van der Waals surface area (Å²) in [4.78, 5) is 23.7. The van der Waals surface area contributed by atoms with Crippen LogP contribution in [0.2, 0.25) is 0 Å². The van der Waals surface area contributed by atoms with Crippen LogP contribution in [0.4, 0.5) is 5.82 Å². The average Bonchev–Trinajstić information content (AvgIpc) is 2.78. The number of hydrogen-bond donors (Lipinski definition) is 0. The molecule has 2 fully saturated rings. The van der Waals surface area contributed by atoms with E-state index in [1.807, 2.05) is 17.0 Å². The molecule has 0 aliphatic carbocycles. The fraction of sp³-hybridized carbons (Fsp3) is 0.458. The highest BCUT2D eigenvalue weighted by molar-refractivity contribution is 5.94. The van der Waals surface area contributed by atoms with Crippen molar-refractivity contribution in [3.8, 4) is 6.07 Å². The first kappa shape index (κ1) is 21.3. The Morgan fingerprint density at radius 1 is 1.10 bits per heavy atom. The highest BCUT2D eigenvalue weighted by Crippen LogP contribution is 2.20. The van der Waals surface area contributed by atoms with Crippen LogP contribution in [-0.2, 0) is 11.3 Å². The van der Waals surface area contributed by atoms with Crippen molar-refractivity contribution >= 4 is 11.7 Å². The number of carbonyl (C=O) groups is 1. The van der Waals surface area contributed by atoms with Gasteiger partial charge in [0.05, 0.1) is 17.8 Å². The Morgan fingerprint density at radius 3 is 2.42 bits per heavy atom. The molecule has 31 heavy (non-hydrogen) atoms. The summed E-state index contributed by atoms with van der Waals surface area (Å²) < 4.78 is 5.81. The summed E-state index contributed by atoms with van der Waals surface area (Å²) in [6, 6.07) is 13.7. The monoisotopic (exact) mass is 419 g/mol. The van der Waals surface area contributed by atoms with Crippen LogP contribution in [0, 0.1) is 11.3 Å². The largest absolute Gasteiger partial charge is 0.373 e. The van der Waals surface area contributed by atoms with Crippen LogP contribution in [0.5, 0.6) is 0 Å². The zero-order chi connectivity index (χ0) is 21.8. The maximum absolute atomic E-state index is 13.0. The van der Waals surface area contributed by atoms with Crippen LogP contribution in [0.15, 0.2) is 42.6 Å². The number of hydrogen-bond acceptors (Lipinski definition) is 6. The lowest BCUT2D eigenvalue weighted by molar-refractivity contribution is -0.0704. The quantitative estimate of drug-likeness (QED) is 0.758. The molecule has 1 aromatic heterocycles. The Labute approximate surface area is 183 Å². The van der Waals surface area contributed by atoms with Gasteiger partial charge in [-0.15, -0.1) is 0 Å². The van der Waals surface area contributed by atoms with Gasteiger partial charge >= 0.3 is 0 Å². The minimum atomic E-state index is 0.0568. The molecular formula is C24H29N5O2. The van der Waals surface area contributed by atoms with Crippen LogP contribution < -0.4 is 4.90 Å². The lowest BCUT2D eigenvalue weighted by Gasteiger charge is -2.36. The molecule has 0 radical (unpaired) electrons. The zero-order valence-electron chi connectivity index (χ0n) is 18.2. The molecule has 2 saturated heterocycles. The maximum atomic E-state index is 13.0. The molecule has 2 aliphatic heterocycles. The highest BCUT2D eigenvalue weighted by Gasteiger charge is 2.25. The van der Waals surface area contributed by atoms with Crippen molar-refractivity contribution in [3.05, 3.63) is 59.3 Å². The maximum Gasteiger partial charge on any atom is 0.253 e. The van der Waals surface area contributed by atoms with Crippen molar-refractivity contribution in [2.24, 2.45) is 0 Å².